The highest BCUT2D eigenvalue weighted by Gasteiger charge is 2.18. The highest BCUT2D eigenvalue weighted by molar-refractivity contribution is 5.96. The molecule has 1 heterocycles. The molecule has 0 N–H and O–H groups in total. The molecule has 0 saturated carbocycles. The molecular weight excluding hydrogens is 172 g/mol. The van der Waals surface area contributed by atoms with E-state index in [0.717, 1.165) is 17.2 Å². The topological polar surface area (TPSA) is 15.6 Å². The average Bonchev–Trinajstić information content (AvgIpc) is 2.14. The first-order chi connectivity index (χ1) is 6.61. The quantitative estimate of drug-likeness (QED) is 0.608. The summed E-state index contributed by atoms with van der Waals surface area (Å²) in [4.78, 5) is 6.54. The first-order valence-corrected chi connectivity index (χ1v) is 4.69. The second kappa shape index (κ2) is 2.98. The number of fused-ring (bicyclic) bond motifs is 1. The molecule has 0 fully saturated rings. The van der Waals surface area contributed by atoms with Crippen molar-refractivity contribution in [2.75, 3.05) is 7.05 Å². The van der Waals surface area contributed by atoms with Gasteiger partial charge < -0.3 is 4.90 Å². The minimum absolute atomic E-state index is 0.994. The Labute approximate surface area is 84.6 Å². The van der Waals surface area contributed by atoms with Gasteiger partial charge in [-0.1, -0.05) is 18.7 Å². The maximum Gasteiger partial charge on any atom is 0.106 e. The van der Waals surface area contributed by atoms with Gasteiger partial charge >= 0.3 is 0 Å². The summed E-state index contributed by atoms with van der Waals surface area (Å²) in [6, 6.07) is 6.15. The Morgan fingerprint density at radius 1 is 1.29 bits per heavy atom. The van der Waals surface area contributed by atoms with E-state index in [-0.39, 0.29) is 0 Å². The van der Waals surface area contributed by atoms with Gasteiger partial charge in [-0.05, 0) is 25.5 Å². The van der Waals surface area contributed by atoms with Gasteiger partial charge in [-0.25, -0.2) is 4.99 Å². The lowest BCUT2D eigenvalue weighted by Gasteiger charge is -2.28. The number of hydrogen-bond donors (Lipinski definition) is 0. The molecular formula is C12H14N2. The van der Waals surface area contributed by atoms with Gasteiger partial charge in [0.15, 0.2) is 0 Å². The van der Waals surface area contributed by atoms with E-state index in [1.165, 1.54) is 11.1 Å². The summed E-state index contributed by atoms with van der Waals surface area (Å²) in [5, 5.41) is 0. The Balaban J connectivity index is 2.70. The standard InChI is InChI=1S/C12H14N2/c1-8-6-5-7-11-12(8)9(2)14(4)10(3)13-11/h5-7H,2H2,1,3-4H3. The average molecular weight is 186 g/mol. The molecule has 1 aromatic carbocycles. The largest absolute Gasteiger partial charge is 0.333 e. The molecule has 0 atom stereocenters. The summed E-state index contributed by atoms with van der Waals surface area (Å²) >= 11 is 0. The summed E-state index contributed by atoms with van der Waals surface area (Å²) < 4.78 is 0. The van der Waals surface area contributed by atoms with Gasteiger partial charge in [0, 0.05) is 18.3 Å². The van der Waals surface area contributed by atoms with Crippen LogP contribution in [0.2, 0.25) is 0 Å². The van der Waals surface area contributed by atoms with E-state index in [1.807, 2.05) is 31.0 Å². The zero-order chi connectivity index (χ0) is 10.3. The molecule has 0 spiro atoms. The van der Waals surface area contributed by atoms with Crippen molar-refractivity contribution in [2.24, 2.45) is 4.99 Å². The first kappa shape index (κ1) is 9.00. The Morgan fingerprint density at radius 3 is 2.71 bits per heavy atom. The monoisotopic (exact) mass is 186 g/mol. The molecule has 2 rings (SSSR count). The van der Waals surface area contributed by atoms with Crippen molar-refractivity contribution in [3.8, 4) is 0 Å². The molecule has 14 heavy (non-hydrogen) atoms. The summed E-state index contributed by atoms with van der Waals surface area (Å²) in [5.41, 5.74) is 4.47. The molecule has 2 nitrogen and oxygen atoms in total. The van der Waals surface area contributed by atoms with Crippen LogP contribution < -0.4 is 0 Å². The van der Waals surface area contributed by atoms with Crippen LogP contribution in [0.5, 0.6) is 0 Å². The molecule has 0 aromatic heterocycles. The van der Waals surface area contributed by atoms with E-state index in [4.69, 9.17) is 0 Å². The van der Waals surface area contributed by atoms with Crippen LogP contribution in [0.1, 0.15) is 18.1 Å². The van der Waals surface area contributed by atoms with Gasteiger partial charge in [-0.2, -0.15) is 0 Å². The SMILES string of the molecule is C=C1c2c(C)cccc2N=C(C)N1C. The van der Waals surface area contributed by atoms with Crippen LogP contribution in [0, 0.1) is 6.92 Å². The second-order valence-electron chi connectivity index (χ2n) is 3.63. The molecule has 0 amide bonds. The lowest BCUT2D eigenvalue weighted by molar-refractivity contribution is 0.706. The summed E-state index contributed by atoms with van der Waals surface area (Å²) in [6.07, 6.45) is 0. The minimum atomic E-state index is 0.994. The van der Waals surface area contributed by atoms with Gasteiger partial charge in [0.25, 0.3) is 0 Å². The molecule has 0 bridgehead atoms. The van der Waals surface area contributed by atoms with Crippen LogP contribution in [-0.2, 0) is 0 Å². The fraction of sp³-hybridized carbons (Fsp3) is 0.250. The van der Waals surface area contributed by atoms with Crippen molar-refractivity contribution in [1.82, 2.24) is 4.90 Å². The van der Waals surface area contributed by atoms with E-state index in [2.05, 4.69) is 24.6 Å². The third kappa shape index (κ3) is 1.15. The van der Waals surface area contributed by atoms with Crippen LogP contribution in [0.3, 0.4) is 0 Å². The zero-order valence-corrected chi connectivity index (χ0v) is 8.83. The Bertz CT molecular complexity index is 430. The third-order valence-electron chi connectivity index (χ3n) is 2.71. The normalized spacial score (nSPS) is 15.2. The molecule has 2 heteroatoms. The highest BCUT2D eigenvalue weighted by Crippen LogP contribution is 2.34. The lowest BCUT2D eigenvalue weighted by Crippen LogP contribution is -2.25. The van der Waals surface area contributed by atoms with E-state index in [9.17, 15) is 0 Å². The predicted molar refractivity (Wildman–Crippen MR) is 60.7 cm³/mol. The van der Waals surface area contributed by atoms with E-state index in [0.29, 0.717) is 0 Å². The number of aryl methyl sites for hydroxylation is 1. The molecule has 1 aliphatic rings. The van der Waals surface area contributed by atoms with Crippen LogP contribution in [0.4, 0.5) is 5.69 Å². The number of amidine groups is 1. The van der Waals surface area contributed by atoms with Crippen LogP contribution >= 0.6 is 0 Å². The minimum Gasteiger partial charge on any atom is -0.333 e. The van der Waals surface area contributed by atoms with Gasteiger partial charge in [0.2, 0.25) is 0 Å². The van der Waals surface area contributed by atoms with Gasteiger partial charge in [0.1, 0.15) is 5.84 Å². The van der Waals surface area contributed by atoms with Crippen molar-refractivity contribution >= 4 is 17.2 Å². The Morgan fingerprint density at radius 2 is 2.00 bits per heavy atom. The van der Waals surface area contributed by atoms with E-state index in [1.54, 1.807) is 0 Å². The van der Waals surface area contributed by atoms with Crippen molar-refractivity contribution < 1.29 is 0 Å². The molecule has 1 aromatic rings. The number of benzene rings is 1. The molecule has 0 saturated heterocycles. The lowest BCUT2D eigenvalue weighted by atomic mass is 10.0. The maximum absolute atomic E-state index is 4.52. The molecule has 72 valence electrons. The molecule has 0 aliphatic carbocycles. The number of hydrogen-bond acceptors (Lipinski definition) is 2. The van der Waals surface area contributed by atoms with Gasteiger partial charge in [-0.3, -0.25) is 0 Å². The highest BCUT2D eigenvalue weighted by atomic mass is 15.2. The van der Waals surface area contributed by atoms with Gasteiger partial charge in [-0.15, -0.1) is 0 Å². The van der Waals surface area contributed by atoms with Gasteiger partial charge in [0.05, 0.1) is 5.69 Å². The fourth-order valence-corrected chi connectivity index (χ4v) is 1.73. The maximum atomic E-state index is 4.52. The fourth-order valence-electron chi connectivity index (χ4n) is 1.73. The van der Waals surface area contributed by atoms with Crippen molar-refractivity contribution in [3.63, 3.8) is 0 Å². The Hall–Kier alpha value is -1.57. The zero-order valence-electron chi connectivity index (χ0n) is 8.83. The van der Waals surface area contributed by atoms with Crippen molar-refractivity contribution in [2.45, 2.75) is 13.8 Å². The number of aliphatic imine (C=N–C) groups is 1. The second-order valence-corrected chi connectivity index (χ2v) is 3.63. The van der Waals surface area contributed by atoms with Crippen molar-refractivity contribution in [3.05, 3.63) is 35.9 Å². The van der Waals surface area contributed by atoms with Crippen LogP contribution in [0.25, 0.3) is 5.70 Å². The van der Waals surface area contributed by atoms with E-state index < -0.39 is 0 Å². The van der Waals surface area contributed by atoms with Crippen LogP contribution in [0.15, 0.2) is 29.8 Å². The molecule has 1 aliphatic heterocycles. The summed E-state index contributed by atoms with van der Waals surface area (Å²) in [6.45, 7) is 8.18. The summed E-state index contributed by atoms with van der Waals surface area (Å²) in [5.74, 6) is 0.994. The van der Waals surface area contributed by atoms with E-state index >= 15 is 0 Å². The Kier molecular flexibility index (Phi) is 1.92. The molecule has 0 unspecified atom stereocenters. The number of rotatable bonds is 0. The molecule has 0 radical (unpaired) electrons. The number of nitrogens with zero attached hydrogens (tertiary/aromatic N) is 2. The predicted octanol–water partition coefficient (Wildman–Crippen LogP) is 2.96. The first-order valence-electron chi connectivity index (χ1n) is 4.69. The summed E-state index contributed by atoms with van der Waals surface area (Å²) in [7, 11) is 2.00. The smallest absolute Gasteiger partial charge is 0.106 e. The third-order valence-corrected chi connectivity index (χ3v) is 2.71. The van der Waals surface area contributed by atoms with Crippen molar-refractivity contribution in [1.29, 1.82) is 0 Å². The van der Waals surface area contributed by atoms with Crippen LogP contribution in [-0.4, -0.2) is 17.8 Å².